The van der Waals surface area contributed by atoms with Crippen LogP contribution >= 0.6 is 0 Å². The van der Waals surface area contributed by atoms with Crippen LogP contribution in [0, 0.1) is 5.82 Å². The Morgan fingerprint density at radius 1 is 0.938 bits per heavy atom. The standard InChI is InChI=1S/C25H30FN3O3/c26-20-4-6-21(7-5-20)29-13-11-28(12-14-29)18-24(30)27-25(9-1-2-10-25)19-3-8-22-23(17-19)32-16-15-31-22/h3-8,17H,1-2,9-16,18H2,(H,27,30). The Hall–Kier alpha value is -2.80. The van der Waals surface area contributed by atoms with Gasteiger partial charge in [-0.2, -0.15) is 0 Å². The van der Waals surface area contributed by atoms with Gasteiger partial charge in [-0.15, -0.1) is 0 Å². The summed E-state index contributed by atoms with van der Waals surface area (Å²) in [4.78, 5) is 17.5. The molecule has 1 saturated heterocycles. The fourth-order valence-corrected chi connectivity index (χ4v) is 5.13. The third-order valence-electron chi connectivity index (χ3n) is 6.86. The van der Waals surface area contributed by atoms with Crippen LogP contribution in [-0.4, -0.2) is 56.7 Å². The summed E-state index contributed by atoms with van der Waals surface area (Å²) in [6.07, 6.45) is 4.09. The van der Waals surface area contributed by atoms with Crippen LogP contribution in [0.4, 0.5) is 10.1 Å². The summed E-state index contributed by atoms with van der Waals surface area (Å²) in [7, 11) is 0. The maximum atomic E-state index is 13.2. The molecule has 5 rings (SSSR count). The fraction of sp³-hybridized carbons (Fsp3) is 0.480. The van der Waals surface area contributed by atoms with Gasteiger partial charge in [-0.25, -0.2) is 4.39 Å². The highest BCUT2D eigenvalue weighted by Gasteiger charge is 2.38. The predicted octanol–water partition coefficient (Wildman–Crippen LogP) is 3.30. The lowest BCUT2D eigenvalue weighted by Crippen LogP contribution is -2.52. The molecule has 3 aliphatic rings. The Kier molecular flexibility index (Phi) is 5.91. The summed E-state index contributed by atoms with van der Waals surface area (Å²) >= 11 is 0. The molecule has 2 fully saturated rings. The number of fused-ring (bicyclic) bond motifs is 1. The van der Waals surface area contributed by atoms with E-state index in [0.29, 0.717) is 19.8 Å². The number of nitrogens with one attached hydrogen (secondary N) is 1. The molecule has 0 aromatic heterocycles. The summed E-state index contributed by atoms with van der Waals surface area (Å²) in [5.41, 5.74) is 1.80. The highest BCUT2D eigenvalue weighted by molar-refractivity contribution is 5.79. The SMILES string of the molecule is O=C(CN1CCN(c2ccc(F)cc2)CC1)NC1(c2ccc3c(c2)OCCO3)CCCC1. The lowest BCUT2D eigenvalue weighted by molar-refractivity contribution is -0.124. The molecule has 6 nitrogen and oxygen atoms in total. The Bertz CT molecular complexity index is 951. The van der Waals surface area contributed by atoms with Crippen molar-refractivity contribution >= 4 is 11.6 Å². The number of anilines is 1. The zero-order valence-electron chi connectivity index (χ0n) is 18.3. The average Bonchev–Trinajstić information content (AvgIpc) is 3.29. The molecule has 1 amide bonds. The largest absolute Gasteiger partial charge is 0.486 e. The average molecular weight is 440 g/mol. The molecule has 170 valence electrons. The Balaban J connectivity index is 1.20. The number of halogens is 1. The molecule has 2 aromatic carbocycles. The first-order valence-corrected chi connectivity index (χ1v) is 11.6. The lowest BCUT2D eigenvalue weighted by Gasteiger charge is -2.37. The molecule has 7 heteroatoms. The van der Waals surface area contributed by atoms with E-state index >= 15 is 0 Å². The maximum absolute atomic E-state index is 13.2. The molecule has 32 heavy (non-hydrogen) atoms. The van der Waals surface area contributed by atoms with Crippen LogP contribution < -0.4 is 19.7 Å². The smallest absolute Gasteiger partial charge is 0.234 e. The molecule has 2 heterocycles. The second-order valence-electron chi connectivity index (χ2n) is 8.94. The van der Waals surface area contributed by atoms with Crippen LogP contribution in [0.3, 0.4) is 0 Å². The number of nitrogens with zero attached hydrogens (tertiary/aromatic N) is 2. The molecular weight excluding hydrogens is 409 g/mol. The van der Waals surface area contributed by atoms with Crippen LogP contribution in [0.25, 0.3) is 0 Å². The minimum atomic E-state index is -0.331. The zero-order chi connectivity index (χ0) is 22.0. The van der Waals surface area contributed by atoms with Crippen LogP contribution in [0.5, 0.6) is 11.5 Å². The molecule has 1 N–H and O–H groups in total. The minimum absolute atomic E-state index is 0.0667. The topological polar surface area (TPSA) is 54.0 Å². The summed E-state index contributed by atoms with van der Waals surface area (Å²) in [5, 5.41) is 3.38. The summed E-state index contributed by atoms with van der Waals surface area (Å²) in [6.45, 7) is 4.79. The van der Waals surface area contributed by atoms with Crippen molar-refractivity contribution in [3.63, 3.8) is 0 Å². The fourth-order valence-electron chi connectivity index (χ4n) is 5.13. The third-order valence-corrected chi connectivity index (χ3v) is 6.86. The van der Waals surface area contributed by atoms with Gasteiger partial charge in [0.1, 0.15) is 19.0 Å². The quantitative estimate of drug-likeness (QED) is 0.775. The molecule has 2 aromatic rings. The van der Waals surface area contributed by atoms with Gasteiger partial charge in [0.2, 0.25) is 5.91 Å². The van der Waals surface area contributed by atoms with Crippen molar-refractivity contribution in [3.8, 4) is 11.5 Å². The molecule has 0 unspecified atom stereocenters. The van der Waals surface area contributed by atoms with Crippen LogP contribution in [0.1, 0.15) is 31.2 Å². The van der Waals surface area contributed by atoms with Crippen LogP contribution in [0.15, 0.2) is 42.5 Å². The van der Waals surface area contributed by atoms with Crippen molar-refractivity contribution in [2.75, 3.05) is 50.8 Å². The summed E-state index contributed by atoms with van der Waals surface area (Å²) in [6, 6.07) is 12.7. The first kappa shape index (κ1) is 21.1. The maximum Gasteiger partial charge on any atom is 0.234 e. The molecular formula is C25H30FN3O3. The molecule has 0 atom stereocenters. The van der Waals surface area contributed by atoms with Crippen molar-refractivity contribution < 1.29 is 18.7 Å². The van der Waals surface area contributed by atoms with E-state index < -0.39 is 0 Å². The zero-order valence-corrected chi connectivity index (χ0v) is 18.3. The van der Waals surface area contributed by atoms with Gasteiger partial charge in [0.05, 0.1) is 12.1 Å². The number of rotatable bonds is 5. The van der Waals surface area contributed by atoms with E-state index in [1.807, 2.05) is 24.3 Å². The Morgan fingerprint density at radius 3 is 2.34 bits per heavy atom. The van der Waals surface area contributed by atoms with Crippen molar-refractivity contribution in [1.29, 1.82) is 0 Å². The second-order valence-corrected chi connectivity index (χ2v) is 8.94. The summed E-state index contributed by atoms with van der Waals surface area (Å²) < 4.78 is 24.6. The molecule has 0 radical (unpaired) electrons. The van der Waals surface area contributed by atoms with Gasteiger partial charge in [0, 0.05) is 31.9 Å². The molecule has 1 aliphatic carbocycles. The van der Waals surface area contributed by atoms with Gasteiger partial charge in [0.15, 0.2) is 11.5 Å². The number of carbonyl (C=O) groups is 1. The molecule has 1 saturated carbocycles. The van der Waals surface area contributed by atoms with Crippen molar-refractivity contribution in [3.05, 3.63) is 53.8 Å². The van der Waals surface area contributed by atoms with E-state index in [2.05, 4.69) is 21.2 Å². The van der Waals surface area contributed by atoms with Gasteiger partial charge in [0.25, 0.3) is 0 Å². The van der Waals surface area contributed by atoms with Crippen molar-refractivity contribution in [2.24, 2.45) is 0 Å². The third kappa shape index (κ3) is 4.39. The van der Waals surface area contributed by atoms with E-state index in [1.54, 1.807) is 0 Å². The number of amides is 1. The first-order valence-electron chi connectivity index (χ1n) is 11.6. The van der Waals surface area contributed by atoms with Crippen LogP contribution in [0.2, 0.25) is 0 Å². The van der Waals surface area contributed by atoms with E-state index in [-0.39, 0.29) is 17.3 Å². The van der Waals surface area contributed by atoms with Gasteiger partial charge >= 0.3 is 0 Å². The molecule has 0 spiro atoms. The highest BCUT2D eigenvalue weighted by atomic mass is 19.1. The van der Waals surface area contributed by atoms with Crippen molar-refractivity contribution in [2.45, 2.75) is 31.2 Å². The number of hydrogen-bond acceptors (Lipinski definition) is 5. The number of hydrogen-bond donors (Lipinski definition) is 1. The van der Waals surface area contributed by atoms with Crippen LogP contribution in [-0.2, 0) is 10.3 Å². The number of piperazine rings is 1. The molecule has 2 aliphatic heterocycles. The van der Waals surface area contributed by atoms with Gasteiger partial charge < -0.3 is 19.7 Å². The van der Waals surface area contributed by atoms with E-state index in [9.17, 15) is 9.18 Å². The lowest BCUT2D eigenvalue weighted by atomic mass is 9.87. The van der Waals surface area contributed by atoms with Gasteiger partial charge in [-0.05, 0) is 54.8 Å². The Morgan fingerprint density at radius 2 is 1.62 bits per heavy atom. The number of carbonyl (C=O) groups excluding carboxylic acids is 1. The van der Waals surface area contributed by atoms with E-state index in [1.165, 1.54) is 12.1 Å². The normalized spacial score (nSPS) is 20.2. The van der Waals surface area contributed by atoms with E-state index in [0.717, 1.165) is 74.6 Å². The second kappa shape index (κ2) is 8.98. The molecule has 0 bridgehead atoms. The Labute approximate surface area is 188 Å². The monoisotopic (exact) mass is 439 g/mol. The predicted molar refractivity (Wildman–Crippen MR) is 121 cm³/mol. The number of benzene rings is 2. The highest BCUT2D eigenvalue weighted by Crippen LogP contribution is 2.42. The van der Waals surface area contributed by atoms with Crippen molar-refractivity contribution in [1.82, 2.24) is 10.2 Å². The summed E-state index contributed by atoms with van der Waals surface area (Å²) in [5.74, 6) is 1.39. The minimum Gasteiger partial charge on any atom is -0.486 e. The number of ether oxygens (including phenoxy) is 2. The van der Waals surface area contributed by atoms with Gasteiger partial charge in [-0.1, -0.05) is 18.9 Å². The van der Waals surface area contributed by atoms with Gasteiger partial charge in [-0.3, -0.25) is 9.69 Å². The first-order chi connectivity index (χ1) is 15.6. The van der Waals surface area contributed by atoms with E-state index in [4.69, 9.17) is 9.47 Å².